The van der Waals surface area contributed by atoms with Crippen molar-refractivity contribution >= 4 is 11.8 Å². The highest BCUT2D eigenvalue weighted by Crippen LogP contribution is 2.40. The standard InChI is InChI=1S/C17H18FNS/c18-15-7-5-12(6-8-15)14(11-19)10-16-9-13-3-1-2-4-17(13)20-16/h1-8,14,16H,9-11,19H2. The highest BCUT2D eigenvalue weighted by molar-refractivity contribution is 8.00. The molecule has 2 aromatic rings. The van der Waals surface area contributed by atoms with Gasteiger partial charge in [-0.05, 0) is 54.6 Å². The fourth-order valence-electron chi connectivity index (χ4n) is 2.81. The molecule has 0 spiro atoms. The average molecular weight is 287 g/mol. The van der Waals surface area contributed by atoms with E-state index in [0.717, 1.165) is 18.4 Å². The quantitative estimate of drug-likeness (QED) is 0.920. The van der Waals surface area contributed by atoms with Gasteiger partial charge in [-0.2, -0.15) is 0 Å². The Labute approximate surface area is 123 Å². The van der Waals surface area contributed by atoms with Gasteiger partial charge in [-0.3, -0.25) is 0 Å². The lowest BCUT2D eigenvalue weighted by molar-refractivity contribution is 0.604. The molecule has 0 amide bonds. The Bertz CT molecular complexity index is 557. The first-order valence-electron chi connectivity index (χ1n) is 6.96. The number of fused-ring (bicyclic) bond motifs is 1. The van der Waals surface area contributed by atoms with Crippen molar-refractivity contribution in [2.24, 2.45) is 5.73 Å². The summed E-state index contributed by atoms with van der Waals surface area (Å²) in [7, 11) is 0. The third kappa shape index (κ3) is 2.89. The normalized spacial score (nSPS) is 18.8. The monoisotopic (exact) mass is 287 g/mol. The molecule has 20 heavy (non-hydrogen) atoms. The number of hydrogen-bond acceptors (Lipinski definition) is 2. The number of hydrogen-bond donors (Lipinski definition) is 1. The molecule has 0 radical (unpaired) electrons. The molecular formula is C17H18FNS. The number of thioether (sulfide) groups is 1. The van der Waals surface area contributed by atoms with Crippen LogP contribution in [0, 0.1) is 5.82 Å². The van der Waals surface area contributed by atoms with Gasteiger partial charge in [-0.25, -0.2) is 4.39 Å². The lowest BCUT2D eigenvalue weighted by Gasteiger charge is -2.19. The third-order valence-electron chi connectivity index (χ3n) is 3.89. The zero-order valence-electron chi connectivity index (χ0n) is 11.3. The molecule has 0 aromatic heterocycles. The first-order chi connectivity index (χ1) is 9.76. The van der Waals surface area contributed by atoms with Gasteiger partial charge >= 0.3 is 0 Å². The second-order valence-electron chi connectivity index (χ2n) is 5.27. The van der Waals surface area contributed by atoms with Crippen LogP contribution >= 0.6 is 11.8 Å². The average Bonchev–Trinajstić information content (AvgIpc) is 2.88. The van der Waals surface area contributed by atoms with Gasteiger partial charge in [0.2, 0.25) is 0 Å². The van der Waals surface area contributed by atoms with Crippen LogP contribution in [0.4, 0.5) is 4.39 Å². The van der Waals surface area contributed by atoms with Crippen LogP contribution in [0.25, 0.3) is 0 Å². The molecule has 0 saturated carbocycles. The van der Waals surface area contributed by atoms with E-state index in [4.69, 9.17) is 5.73 Å². The smallest absolute Gasteiger partial charge is 0.123 e. The van der Waals surface area contributed by atoms with Gasteiger partial charge in [0.25, 0.3) is 0 Å². The first kappa shape index (κ1) is 13.7. The lowest BCUT2D eigenvalue weighted by atomic mass is 9.92. The van der Waals surface area contributed by atoms with Crippen molar-refractivity contribution in [2.75, 3.05) is 6.54 Å². The Hall–Kier alpha value is -1.32. The van der Waals surface area contributed by atoms with Crippen LogP contribution in [0.3, 0.4) is 0 Å². The largest absolute Gasteiger partial charge is 0.330 e. The Balaban J connectivity index is 1.69. The Morgan fingerprint density at radius 1 is 1.15 bits per heavy atom. The van der Waals surface area contributed by atoms with Crippen molar-refractivity contribution < 1.29 is 4.39 Å². The van der Waals surface area contributed by atoms with Gasteiger partial charge in [-0.1, -0.05) is 30.3 Å². The zero-order valence-corrected chi connectivity index (χ0v) is 12.1. The van der Waals surface area contributed by atoms with Gasteiger partial charge in [0.15, 0.2) is 0 Å². The molecule has 3 heteroatoms. The summed E-state index contributed by atoms with van der Waals surface area (Å²) in [6.07, 6.45) is 2.15. The molecule has 1 aliphatic rings. The molecule has 0 aliphatic carbocycles. The number of halogens is 1. The Kier molecular flexibility index (Phi) is 4.08. The van der Waals surface area contributed by atoms with Crippen molar-refractivity contribution in [3.63, 3.8) is 0 Å². The molecule has 1 nitrogen and oxygen atoms in total. The van der Waals surface area contributed by atoms with E-state index in [1.54, 1.807) is 0 Å². The van der Waals surface area contributed by atoms with Crippen LogP contribution in [-0.2, 0) is 6.42 Å². The summed E-state index contributed by atoms with van der Waals surface area (Å²) >= 11 is 1.95. The van der Waals surface area contributed by atoms with Crippen LogP contribution in [0.2, 0.25) is 0 Å². The van der Waals surface area contributed by atoms with Crippen LogP contribution in [-0.4, -0.2) is 11.8 Å². The third-order valence-corrected chi connectivity index (χ3v) is 5.23. The summed E-state index contributed by atoms with van der Waals surface area (Å²) < 4.78 is 13.0. The maximum atomic E-state index is 13.0. The highest BCUT2D eigenvalue weighted by atomic mass is 32.2. The van der Waals surface area contributed by atoms with E-state index in [1.165, 1.54) is 22.6 Å². The summed E-state index contributed by atoms with van der Waals surface area (Å²) in [4.78, 5) is 1.40. The summed E-state index contributed by atoms with van der Waals surface area (Å²) in [6, 6.07) is 15.4. The van der Waals surface area contributed by atoms with Crippen LogP contribution in [0.5, 0.6) is 0 Å². The fourth-order valence-corrected chi connectivity index (χ4v) is 4.22. The van der Waals surface area contributed by atoms with Crippen LogP contribution in [0.15, 0.2) is 53.4 Å². The lowest BCUT2D eigenvalue weighted by Crippen LogP contribution is -2.17. The Morgan fingerprint density at radius 3 is 2.60 bits per heavy atom. The topological polar surface area (TPSA) is 26.0 Å². The molecule has 3 rings (SSSR count). The predicted octanol–water partition coefficient (Wildman–Crippen LogP) is 3.98. The predicted molar refractivity (Wildman–Crippen MR) is 82.6 cm³/mol. The highest BCUT2D eigenvalue weighted by Gasteiger charge is 2.25. The van der Waals surface area contributed by atoms with Crippen molar-refractivity contribution in [2.45, 2.75) is 28.9 Å². The summed E-state index contributed by atoms with van der Waals surface area (Å²) in [6.45, 7) is 0.610. The molecule has 1 aliphatic heterocycles. The van der Waals surface area contributed by atoms with Gasteiger partial charge in [0.05, 0.1) is 0 Å². The van der Waals surface area contributed by atoms with Crippen molar-refractivity contribution in [3.8, 4) is 0 Å². The number of nitrogens with two attached hydrogens (primary N) is 1. The molecule has 104 valence electrons. The Morgan fingerprint density at radius 2 is 1.90 bits per heavy atom. The van der Waals surface area contributed by atoms with E-state index in [2.05, 4.69) is 24.3 Å². The van der Waals surface area contributed by atoms with E-state index in [0.29, 0.717) is 17.7 Å². The number of rotatable bonds is 4. The maximum Gasteiger partial charge on any atom is 0.123 e. The van der Waals surface area contributed by atoms with Crippen LogP contribution < -0.4 is 5.73 Å². The van der Waals surface area contributed by atoms with Gasteiger partial charge < -0.3 is 5.73 Å². The summed E-state index contributed by atoms with van der Waals surface area (Å²) in [5.74, 6) is 0.120. The molecule has 0 fully saturated rings. The van der Waals surface area contributed by atoms with E-state index in [9.17, 15) is 4.39 Å². The number of benzene rings is 2. The van der Waals surface area contributed by atoms with E-state index >= 15 is 0 Å². The second-order valence-corrected chi connectivity index (χ2v) is 6.61. The van der Waals surface area contributed by atoms with E-state index in [-0.39, 0.29) is 5.82 Å². The van der Waals surface area contributed by atoms with Crippen molar-refractivity contribution in [1.29, 1.82) is 0 Å². The molecule has 2 unspecified atom stereocenters. The minimum absolute atomic E-state index is 0.188. The minimum Gasteiger partial charge on any atom is -0.330 e. The van der Waals surface area contributed by atoms with Gasteiger partial charge in [0.1, 0.15) is 5.82 Å². The molecule has 2 atom stereocenters. The summed E-state index contributed by atoms with van der Waals surface area (Å²) in [5.41, 5.74) is 8.51. The van der Waals surface area contributed by atoms with Crippen molar-refractivity contribution in [1.82, 2.24) is 0 Å². The molecular weight excluding hydrogens is 269 g/mol. The second kappa shape index (κ2) is 5.98. The van der Waals surface area contributed by atoms with E-state index in [1.807, 2.05) is 23.9 Å². The molecule has 2 aromatic carbocycles. The maximum absolute atomic E-state index is 13.0. The molecule has 0 bridgehead atoms. The zero-order chi connectivity index (χ0) is 13.9. The molecule has 1 heterocycles. The molecule has 2 N–H and O–H groups in total. The molecule has 0 saturated heterocycles. The first-order valence-corrected chi connectivity index (χ1v) is 7.84. The summed E-state index contributed by atoms with van der Waals surface area (Å²) in [5, 5.41) is 0.575. The van der Waals surface area contributed by atoms with Crippen LogP contribution in [0.1, 0.15) is 23.5 Å². The van der Waals surface area contributed by atoms with Crippen molar-refractivity contribution in [3.05, 3.63) is 65.5 Å². The van der Waals surface area contributed by atoms with Gasteiger partial charge in [-0.15, -0.1) is 11.8 Å². The van der Waals surface area contributed by atoms with E-state index < -0.39 is 0 Å². The van der Waals surface area contributed by atoms with Gasteiger partial charge in [0, 0.05) is 10.1 Å². The fraction of sp³-hybridized carbons (Fsp3) is 0.294. The minimum atomic E-state index is -0.188. The SMILES string of the molecule is NCC(CC1Cc2ccccc2S1)c1ccc(F)cc1.